The average Bonchev–Trinajstić information content (AvgIpc) is 2.65. The van der Waals surface area contributed by atoms with E-state index in [1.807, 2.05) is 42.3 Å². The van der Waals surface area contributed by atoms with Gasteiger partial charge in [-0.05, 0) is 37.8 Å². The number of nitrogens with zero attached hydrogens (tertiary/aromatic N) is 1. The molecule has 1 fully saturated rings. The van der Waals surface area contributed by atoms with E-state index in [1.165, 1.54) is 19.3 Å². The lowest BCUT2D eigenvalue weighted by Crippen LogP contribution is -2.38. The van der Waals surface area contributed by atoms with E-state index in [2.05, 4.69) is 5.32 Å². The van der Waals surface area contributed by atoms with Gasteiger partial charge in [0.25, 0.3) is 5.91 Å². The van der Waals surface area contributed by atoms with Crippen LogP contribution >= 0.6 is 0 Å². The topological polar surface area (TPSA) is 49.4 Å². The highest BCUT2D eigenvalue weighted by molar-refractivity contribution is 5.94. The number of unbranched alkanes of at least 4 members (excludes halogenated alkanes) is 2. The van der Waals surface area contributed by atoms with E-state index in [0.717, 1.165) is 32.1 Å². The molecule has 1 saturated carbocycles. The molecule has 0 spiro atoms. The Kier molecular flexibility index (Phi) is 7.80. The summed E-state index contributed by atoms with van der Waals surface area (Å²) in [4.78, 5) is 26.1. The highest BCUT2D eigenvalue weighted by Crippen LogP contribution is 2.22. The Morgan fingerprint density at radius 3 is 2.46 bits per heavy atom. The molecule has 1 N–H and O–H groups in total. The molecule has 0 bridgehead atoms. The lowest BCUT2D eigenvalue weighted by atomic mass is 9.94. The lowest BCUT2D eigenvalue weighted by Gasteiger charge is -2.31. The minimum Gasteiger partial charge on any atom is -0.352 e. The first-order chi connectivity index (χ1) is 11.7. The predicted molar refractivity (Wildman–Crippen MR) is 96.9 cm³/mol. The van der Waals surface area contributed by atoms with Crippen molar-refractivity contribution < 1.29 is 9.59 Å². The van der Waals surface area contributed by atoms with Gasteiger partial charge < -0.3 is 10.2 Å². The summed E-state index contributed by atoms with van der Waals surface area (Å²) >= 11 is 0. The maximum atomic E-state index is 12.2. The summed E-state index contributed by atoms with van der Waals surface area (Å²) in [5.74, 6) is 0.249. The third-order valence-corrected chi connectivity index (χ3v) is 4.90. The number of carbonyl (C=O) groups excluding carboxylic acids is 2. The molecule has 4 heteroatoms. The van der Waals surface area contributed by atoms with Crippen molar-refractivity contribution in [1.82, 2.24) is 10.2 Å². The van der Waals surface area contributed by atoms with Crippen molar-refractivity contribution in [3.63, 3.8) is 0 Å². The van der Waals surface area contributed by atoms with Crippen LogP contribution in [0, 0.1) is 0 Å². The van der Waals surface area contributed by atoms with Crippen LogP contribution in [0.15, 0.2) is 30.3 Å². The van der Waals surface area contributed by atoms with E-state index in [4.69, 9.17) is 0 Å². The highest BCUT2D eigenvalue weighted by Gasteiger charge is 2.21. The molecule has 0 aromatic heterocycles. The number of rotatable bonds is 8. The van der Waals surface area contributed by atoms with Crippen LogP contribution in [-0.4, -0.2) is 36.3 Å². The number of carbonyl (C=O) groups is 2. The third-order valence-electron chi connectivity index (χ3n) is 4.90. The fourth-order valence-electron chi connectivity index (χ4n) is 3.32. The van der Waals surface area contributed by atoms with Crippen molar-refractivity contribution in [2.45, 2.75) is 63.8 Å². The van der Waals surface area contributed by atoms with Gasteiger partial charge in [-0.15, -0.1) is 0 Å². The van der Waals surface area contributed by atoms with Crippen molar-refractivity contribution in [2.75, 3.05) is 13.6 Å². The van der Waals surface area contributed by atoms with E-state index >= 15 is 0 Å². The zero-order valence-electron chi connectivity index (χ0n) is 14.8. The van der Waals surface area contributed by atoms with Gasteiger partial charge in [0.1, 0.15) is 0 Å². The molecule has 1 aromatic carbocycles. The number of hydrogen-bond donors (Lipinski definition) is 1. The Morgan fingerprint density at radius 1 is 1.04 bits per heavy atom. The molecule has 132 valence electrons. The zero-order valence-corrected chi connectivity index (χ0v) is 14.8. The summed E-state index contributed by atoms with van der Waals surface area (Å²) < 4.78 is 0. The molecule has 0 saturated heterocycles. The zero-order chi connectivity index (χ0) is 17.2. The van der Waals surface area contributed by atoms with Crippen molar-refractivity contribution in [3.05, 3.63) is 35.9 Å². The van der Waals surface area contributed by atoms with E-state index in [9.17, 15) is 9.59 Å². The monoisotopic (exact) mass is 330 g/mol. The molecule has 0 radical (unpaired) electrons. The highest BCUT2D eigenvalue weighted by atomic mass is 16.2. The van der Waals surface area contributed by atoms with Crippen molar-refractivity contribution in [1.29, 1.82) is 0 Å². The van der Waals surface area contributed by atoms with Crippen LogP contribution < -0.4 is 5.32 Å². The number of hydrogen-bond acceptors (Lipinski definition) is 2. The van der Waals surface area contributed by atoms with Crippen LogP contribution in [0.25, 0.3) is 0 Å². The first-order valence-electron chi connectivity index (χ1n) is 9.27. The Hall–Kier alpha value is -1.84. The van der Waals surface area contributed by atoms with E-state index in [0.29, 0.717) is 24.6 Å². The SMILES string of the molecule is CN(C(=O)CCCCCNC(=O)c1ccccc1)C1CCCCC1. The summed E-state index contributed by atoms with van der Waals surface area (Å²) in [6, 6.07) is 9.71. The standard InChI is InChI=1S/C20H30N2O2/c1-22(18-13-7-3-8-14-18)19(23)15-9-4-10-16-21-20(24)17-11-5-2-6-12-17/h2,5-6,11-12,18H,3-4,7-10,13-16H2,1H3,(H,21,24). The molecule has 1 aromatic rings. The van der Waals surface area contributed by atoms with Crippen LogP contribution in [0.1, 0.15) is 68.1 Å². The van der Waals surface area contributed by atoms with Gasteiger partial charge in [0.2, 0.25) is 5.91 Å². The van der Waals surface area contributed by atoms with E-state index in [1.54, 1.807) is 0 Å². The van der Waals surface area contributed by atoms with E-state index in [-0.39, 0.29) is 11.8 Å². The normalized spacial score (nSPS) is 15.0. The minimum absolute atomic E-state index is 0.0243. The Bertz CT molecular complexity index is 510. The Morgan fingerprint density at radius 2 is 1.75 bits per heavy atom. The summed E-state index contributed by atoms with van der Waals surface area (Å²) in [5, 5.41) is 2.93. The number of nitrogens with one attached hydrogen (secondary N) is 1. The minimum atomic E-state index is -0.0243. The summed E-state index contributed by atoms with van der Waals surface area (Å²) in [6.07, 6.45) is 9.55. The first kappa shape index (κ1) is 18.5. The van der Waals surface area contributed by atoms with Gasteiger partial charge in [-0.25, -0.2) is 0 Å². The predicted octanol–water partition coefficient (Wildman–Crippen LogP) is 3.77. The maximum absolute atomic E-state index is 12.2. The summed E-state index contributed by atoms with van der Waals surface area (Å²) in [5.41, 5.74) is 0.696. The van der Waals surface area contributed by atoms with Gasteiger partial charge in [-0.1, -0.05) is 43.9 Å². The molecule has 0 unspecified atom stereocenters. The lowest BCUT2D eigenvalue weighted by molar-refractivity contribution is -0.132. The maximum Gasteiger partial charge on any atom is 0.251 e. The molecule has 4 nitrogen and oxygen atoms in total. The summed E-state index contributed by atoms with van der Waals surface area (Å²) in [7, 11) is 1.96. The fraction of sp³-hybridized carbons (Fsp3) is 0.600. The smallest absolute Gasteiger partial charge is 0.251 e. The molecular weight excluding hydrogens is 300 g/mol. The molecule has 2 amide bonds. The number of benzene rings is 1. The van der Waals surface area contributed by atoms with Crippen LogP contribution in [0.2, 0.25) is 0 Å². The quantitative estimate of drug-likeness (QED) is 0.738. The van der Waals surface area contributed by atoms with E-state index < -0.39 is 0 Å². The third kappa shape index (κ3) is 5.99. The van der Waals surface area contributed by atoms with Gasteiger partial charge in [-0.3, -0.25) is 9.59 Å². The largest absolute Gasteiger partial charge is 0.352 e. The van der Waals surface area contributed by atoms with Crippen LogP contribution in [0.4, 0.5) is 0 Å². The summed E-state index contributed by atoms with van der Waals surface area (Å²) in [6.45, 7) is 0.667. The molecular formula is C20H30N2O2. The molecule has 1 aliphatic rings. The van der Waals surface area contributed by atoms with Crippen LogP contribution in [0.3, 0.4) is 0 Å². The molecule has 1 aliphatic carbocycles. The second-order valence-corrected chi connectivity index (χ2v) is 6.73. The van der Waals surface area contributed by atoms with Crippen molar-refractivity contribution >= 4 is 11.8 Å². The fourth-order valence-corrected chi connectivity index (χ4v) is 3.32. The van der Waals surface area contributed by atoms with Gasteiger partial charge in [0.05, 0.1) is 0 Å². The molecule has 0 atom stereocenters. The van der Waals surface area contributed by atoms with Crippen LogP contribution in [0.5, 0.6) is 0 Å². The Labute approximate surface area is 145 Å². The number of amides is 2. The van der Waals surface area contributed by atoms with Gasteiger partial charge >= 0.3 is 0 Å². The molecule has 24 heavy (non-hydrogen) atoms. The molecule has 0 aliphatic heterocycles. The molecule has 2 rings (SSSR count). The van der Waals surface area contributed by atoms with Gasteiger partial charge in [0, 0.05) is 31.6 Å². The van der Waals surface area contributed by atoms with Gasteiger partial charge in [0.15, 0.2) is 0 Å². The van der Waals surface area contributed by atoms with Crippen LogP contribution in [-0.2, 0) is 4.79 Å². The molecule has 0 heterocycles. The Balaban J connectivity index is 1.54. The second kappa shape index (κ2) is 10.1. The van der Waals surface area contributed by atoms with Gasteiger partial charge in [-0.2, -0.15) is 0 Å². The van der Waals surface area contributed by atoms with Crippen molar-refractivity contribution in [2.24, 2.45) is 0 Å². The average molecular weight is 330 g/mol. The first-order valence-corrected chi connectivity index (χ1v) is 9.27. The second-order valence-electron chi connectivity index (χ2n) is 6.73. The van der Waals surface area contributed by atoms with Crippen molar-refractivity contribution in [3.8, 4) is 0 Å².